The van der Waals surface area contributed by atoms with Crippen molar-refractivity contribution in [1.82, 2.24) is 20.3 Å². The van der Waals surface area contributed by atoms with Gasteiger partial charge in [-0.1, -0.05) is 19.1 Å². The molecule has 6 heteroatoms. The monoisotopic (exact) mass is 329 g/mol. The fourth-order valence-corrected chi connectivity index (χ4v) is 3.21. The summed E-state index contributed by atoms with van der Waals surface area (Å²) >= 11 is 1.67. The Labute approximate surface area is 140 Å². The number of rotatable bonds is 9. The highest BCUT2D eigenvalue weighted by atomic mass is 32.1. The highest BCUT2D eigenvalue weighted by Crippen LogP contribution is 2.16. The van der Waals surface area contributed by atoms with E-state index >= 15 is 0 Å². The van der Waals surface area contributed by atoms with Crippen LogP contribution in [0.5, 0.6) is 0 Å². The summed E-state index contributed by atoms with van der Waals surface area (Å²) < 4.78 is 0. The molecule has 3 N–H and O–H groups in total. The first kappa shape index (κ1) is 16.0. The fraction of sp³-hybridized carbons (Fsp3) is 0.412. The van der Waals surface area contributed by atoms with Gasteiger partial charge in [-0.05, 0) is 25.1 Å². The zero-order valence-electron chi connectivity index (χ0n) is 13.4. The molecule has 0 amide bonds. The van der Waals surface area contributed by atoms with Crippen LogP contribution in [-0.2, 0) is 12.8 Å². The van der Waals surface area contributed by atoms with Crippen LogP contribution >= 0.6 is 11.3 Å². The van der Waals surface area contributed by atoms with E-state index in [4.69, 9.17) is 0 Å². The second kappa shape index (κ2) is 8.08. The maximum Gasteiger partial charge on any atom is 0.182 e. The second-order valence-electron chi connectivity index (χ2n) is 5.52. The van der Waals surface area contributed by atoms with Crippen LogP contribution in [0.4, 0.5) is 5.13 Å². The minimum Gasteiger partial charge on any atom is -0.361 e. The molecule has 0 spiro atoms. The number of aromatic nitrogens is 3. The zero-order chi connectivity index (χ0) is 15.9. The van der Waals surface area contributed by atoms with E-state index in [2.05, 4.69) is 44.0 Å². The third-order valence-electron chi connectivity index (χ3n) is 3.61. The van der Waals surface area contributed by atoms with Gasteiger partial charge in [0.05, 0.1) is 16.7 Å². The molecular formula is C17H23N5S. The lowest BCUT2D eigenvalue weighted by atomic mass is 10.3. The van der Waals surface area contributed by atoms with Crippen LogP contribution in [-0.4, -0.2) is 34.6 Å². The van der Waals surface area contributed by atoms with Crippen LogP contribution in [0.25, 0.3) is 11.0 Å². The molecule has 0 atom stereocenters. The molecule has 0 aliphatic carbocycles. The molecule has 0 fully saturated rings. The van der Waals surface area contributed by atoms with E-state index in [0.29, 0.717) is 0 Å². The number of anilines is 1. The highest BCUT2D eigenvalue weighted by Gasteiger charge is 2.04. The van der Waals surface area contributed by atoms with Gasteiger partial charge in [0.2, 0.25) is 0 Å². The number of aromatic amines is 1. The van der Waals surface area contributed by atoms with Gasteiger partial charge in [0.15, 0.2) is 5.13 Å². The van der Waals surface area contributed by atoms with Gasteiger partial charge in [-0.15, -0.1) is 11.3 Å². The van der Waals surface area contributed by atoms with E-state index in [-0.39, 0.29) is 0 Å². The summed E-state index contributed by atoms with van der Waals surface area (Å²) in [6.45, 7) is 5.09. The summed E-state index contributed by atoms with van der Waals surface area (Å²) in [5.74, 6) is 1.01. The Morgan fingerprint density at radius 3 is 2.87 bits per heavy atom. The van der Waals surface area contributed by atoms with E-state index in [1.54, 1.807) is 11.3 Å². The van der Waals surface area contributed by atoms with Crippen LogP contribution in [0.15, 0.2) is 29.6 Å². The number of nitrogens with zero attached hydrogens (tertiary/aromatic N) is 2. The van der Waals surface area contributed by atoms with Crippen LogP contribution in [0.1, 0.15) is 24.9 Å². The number of nitrogens with one attached hydrogen (secondary N) is 3. The Balaban J connectivity index is 1.44. The van der Waals surface area contributed by atoms with E-state index in [0.717, 1.165) is 60.2 Å². The van der Waals surface area contributed by atoms with E-state index in [9.17, 15) is 0 Å². The Kier molecular flexibility index (Phi) is 5.60. The smallest absolute Gasteiger partial charge is 0.182 e. The van der Waals surface area contributed by atoms with Crippen LogP contribution in [0, 0.1) is 0 Å². The van der Waals surface area contributed by atoms with Gasteiger partial charge in [0, 0.05) is 31.3 Å². The number of fused-ring (bicyclic) bond motifs is 1. The molecular weight excluding hydrogens is 306 g/mol. The van der Waals surface area contributed by atoms with Gasteiger partial charge < -0.3 is 15.6 Å². The van der Waals surface area contributed by atoms with Crippen LogP contribution < -0.4 is 10.6 Å². The molecule has 23 heavy (non-hydrogen) atoms. The van der Waals surface area contributed by atoms with Crippen molar-refractivity contribution in [2.24, 2.45) is 0 Å². The summed E-state index contributed by atoms with van der Waals surface area (Å²) in [4.78, 5) is 12.6. The maximum absolute atomic E-state index is 4.62. The van der Waals surface area contributed by atoms with Crippen molar-refractivity contribution in [3.63, 3.8) is 0 Å². The zero-order valence-corrected chi connectivity index (χ0v) is 14.2. The van der Waals surface area contributed by atoms with Crippen molar-refractivity contribution < 1.29 is 0 Å². The molecule has 0 aliphatic rings. The number of hydrogen-bond donors (Lipinski definition) is 3. The third-order valence-corrected chi connectivity index (χ3v) is 4.46. The molecule has 3 aromatic rings. The molecule has 3 rings (SSSR count). The van der Waals surface area contributed by atoms with Crippen molar-refractivity contribution in [1.29, 1.82) is 0 Å². The molecule has 1 aromatic carbocycles. The lowest BCUT2D eigenvalue weighted by Crippen LogP contribution is -2.17. The molecule has 0 saturated carbocycles. The van der Waals surface area contributed by atoms with Crippen LogP contribution in [0.3, 0.4) is 0 Å². The van der Waals surface area contributed by atoms with Crippen molar-refractivity contribution >= 4 is 27.5 Å². The molecule has 0 aliphatic heterocycles. The minimum atomic E-state index is 0.834. The average Bonchev–Trinajstić information content (AvgIpc) is 3.18. The number of H-pyrrole nitrogens is 1. The number of imidazole rings is 1. The Bertz CT molecular complexity index is 700. The SMILES string of the molecule is CCCNCCc1csc(NCCc2nc3ccccc3[nH]2)n1. The first-order chi connectivity index (χ1) is 11.3. The summed E-state index contributed by atoms with van der Waals surface area (Å²) in [7, 11) is 0. The predicted molar refractivity (Wildman–Crippen MR) is 97.3 cm³/mol. The average molecular weight is 329 g/mol. The van der Waals surface area contributed by atoms with E-state index in [1.165, 1.54) is 6.42 Å². The van der Waals surface area contributed by atoms with Gasteiger partial charge in [0.1, 0.15) is 5.82 Å². The van der Waals surface area contributed by atoms with Gasteiger partial charge in [0.25, 0.3) is 0 Å². The third kappa shape index (κ3) is 4.53. The van der Waals surface area contributed by atoms with Gasteiger partial charge in [-0.3, -0.25) is 0 Å². The van der Waals surface area contributed by atoms with E-state index < -0.39 is 0 Å². The van der Waals surface area contributed by atoms with Gasteiger partial charge >= 0.3 is 0 Å². The highest BCUT2D eigenvalue weighted by molar-refractivity contribution is 7.13. The molecule has 2 aromatic heterocycles. The standard InChI is InChI=1S/C17H23N5S/c1-2-9-18-10-7-13-12-23-17(20-13)19-11-8-16-21-14-5-3-4-6-15(14)22-16/h3-6,12,18H,2,7-11H2,1H3,(H,19,20)(H,21,22). The van der Waals surface area contributed by atoms with Crippen molar-refractivity contribution in [2.45, 2.75) is 26.2 Å². The largest absolute Gasteiger partial charge is 0.361 e. The normalized spacial score (nSPS) is 11.2. The van der Waals surface area contributed by atoms with E-state index in [1.807, 2.05) is 18.2 Å². The Morgan fingerprint density at radius 1 is 1.09 bits per heavy atom. The number of thiazole rings is 1. The first-order valence-corrected chi connectivity index (χ1v) is 9.05. The second-order valence-corrected chi connectivity index (χ2v) is 6.38. The first-order valence-electron chi connectivity index (χ1n) is 8.18. The fourth-order valence-electron chi connectivity index (χ4n) is 2.43. The summed E-state index contributed by atoms with van der Waals surface area (Å²) in [6.07, 6.45) is 3.02. The molecule has 122 valence electrons. The molecule has 0 radical (unpaired) electrons. The molecule has 5 nitrogen and oxygen atoms in total. The summed E-state index contributed by atoms with van der Waals surface area (Å²) in [6, 6.07) is 8.12. The Morgan fingerprint density at radius 2 is 2.00 bits per heavy atom. The number of benzene rings is 1. The van der Waals surface area contributed by atoms with Crippen molar-refractivity contribution in [3.8, 4) is 0 Å². The number of hydrogen-bond acceptors (Lipinski definition) is 5. The van der Waals surface area contributed by atoms with Crippen molar-refractivity contribution in [2.75, 3.05) is 25.0 Å². The molecule has 0 unspecified atom stereocenters. The topological polar surface area (TPSA) is 65.6 Å². The summed E-state index contributed by atoms with van der Waals surface area (Å²) in [5, 5.41) is 9.92. The molecule has 0 saturated heterocycles. The summed E-state index contributed by atoms with van der Waals surface area (Å²) in [5.41, 5.74) is 3.28. The molecule has 2 heterocycles. The lowest BCUT2D eigenvalue weighted by molar-refractivity contribution is 0.667. The lowest BCUT2D eigenvalue weighted by Gasteiger charge is -2.01. The maximum atomic E-state index is 4.62. The quantitative estimate of drug-likeness (QED) is 0.527. The number of para-hydroxylation sites is 2. The van der Waals surface area contributed by atoms with Crippen LogP contribution in [0.2, 0.25) is 0 Å². The van der Waals surface area contributed by atoms with Crippen molar-refractivity contribution in [3.05, 3.63) is 41.2 Å². The van der Waals surface area contributed by atoms with Gasteiger partial charge in [-0.2, -0.15) is 0 Å². The molecule has 0 bridgehead atoms. The minimum absolute atomic E-state index is 0.834. The predicted octanol–water partition coefficient (Wildman–Crippen LogP) is 3.22. The van der Waals surface area contributed by atoms with Gasteiger partial charge in [-0.25, -0.2) is 9.97 Å². The Hall–Kier alpha value is -1.92.